The molecular weight excluding hydrogens is 759 g/mol. The van der Waals surface area contributed by atoms with Crippen molar-refractivity contribution in [3.63, 3.8) is 0 Å². The smallest absolute Gasteiger partial charge is 0.264 e. The molecule has 0 radical (unpaired) electrons. The van der Waals surface area contributed by atoms with Crippen LogP contribution in [0, 0.1) is 23.2 Å². The van der Waals surface area contributed by atoms with Gasteiger partial charge in [-0.15, -0.1) is 6.58 Å². The van der Waals surface area contributed by atoms with Gasteiger partial charge >= 0.3 is 0 Å². The number of pyridine rings is 1. The molecule has 5 fully saturated rings. The summed E-state index contributed by atoms with van der Waals surface area (Å²) < 4.78 is 35.8. The van der Waals surface area contributed by atoms with Crippen molar-refractivity contribution in [1.82, 2.24) is 24.4 Å². The molecule has 8 atom stereocenters. The number of ether oxygens (including phenoxy) is 2. The first-order chi connectivity index (χ1) is 27.7. The Labute approximate surface area is 341 Å². The molecule has 3 aliphatic carbocycles. The number of likely N-dealkylation sites (tertiary alicyclic amines) is 2. The van der Waals surface area contributed by atoms with E-state index in [9.17, 15) is 27.9 Å². The molecule has 2 aliphatic heterocycles. The number of amides is 4. The summed E-state index contributed by atoms with van der Waals surface area (Å²) in [6.07, 6.45) is 5.55. The van der Waals surface area contributed by atoms with Crippen LogP contribution in [0.5, 0.6) is 11.5 Å². The van der Waals surface area contributed by atoms with E-state index in [2.05, 4.69) is 11.9 Å². The monoisotopic (exact) mass is 811 g/mol. The van der Waals surface area contributed by atoms with Gasteiger partial charge in [0.2, 0.25) is 17.7 Å². The quantitative estimate of drug-likeness (QED) is 0.168. The standard InChI is InChI=1S/C44H53N5O8S/c1-6-28-23-44(28,42(53)49(58(54)55)29-14-15-29)46-40(51)37-20-32(25-48(37)41(52)34(43(2,3)4)21-39(50)47-24-26-12-13-30(47)18-26)57-38-22-35(27-10-8-7-9-11-27)45-36-19-31(56-5)16-17-33(36)38/h6-11,16-17,19,22,26,28-30,32,34,37H,1,12-15,18,20-21,23-25H2,2-5H3,(H,46,51)(H,54,55)/t26?,28-,30?,32-,34-,37+,44-/m1/s1. The van der Waals surface area contributed by atoms with E-state index in [0.29, 0.717) is 48.0 Å². The number of aromatic nitrogens is 1. The molecule has 0 spiro atoms. The molecule has 2 N–H and O–H groups in total. The Morgan fingerprint density at radius 2 is 1.81 bits per heavy atom. The highest BCUT2D eigenvalue weighted by Crippen LogP contribution is 2.48. The Morgan fingerprint density at radius 1 is 1.05 bits per heavy atom. The zero-order chi connectivity index (χ0) is 41.1. The lowest BCUT2D eigenvalue weighted by atomic mass is 9.77. The Kier molecular flexibility index (Phi) is 10.6. The molecule has 13 nitrogen and oxygen atoms in total. The van der Waals surface area contributed by atoms with Crippen molar-refractivity contribution >= 4 is 45.8 Å². The third kappa shape index (κ3) is 7.60. The molecule has 3 saturated carbocycles. The van der Waals surface area contributed by atoms with E-state index in [1.54, 1.807) is 13.2 Å². The minimum atomic E-state index is -2.57. The Hall–Kier alpha value is -4.82. The second-order valence-electron chi connectivity index (χ2n) is 17.8. The number of benzene rings is 2. The van der Waals surface area contributed by atoms with Crippen LogP contribution in [0.25, 0.3) is 22.2 Å². The Balaban J connectivity index is 1.12. The summed E-state index contributed by atoms with van der Waals surface area (Å²) in [5.74, 6) is -1.14. The summed E-state index contributed by atoms with van der Waals surface area (Å²) in [5, 5.41) is 3.68. The summed E-state index contributed by atoms with van der Waals surface area (Å²) in [7, 11) is 1.59. The largest absolute Gasteiger partial charge is 0.497 e. The minimum Gasteiger partial charge on any atom is -0.497 e. The summed E-state index contributed by atoms with van der Waals surface area (Å²) in [5.41, 5.74) is 0.0937. The van der Waals surface area contributed by atoms with Crippen molar-refractivity contribution in [3.8, 4) is 22.8 Å². The van der Waals surface area contributed by atoms with Gasteiger partial charge in [0.25, 0.3) is 17.2 Å². The number of nitrogens with zero attached hydrogens (tertiary/aromatic N) is 4. The maximum Gasteiger partial charge on any atom is 0.264 e. The topological polar surface area (TPSA) is 159 Å². The van der Waals surface area contributed by atoms with Gasteiger partial charge in [-0.25, -0.2) is 13.5 Å². The van der Waals surface area contributed by atoms with Crippen LogP contribution in [0.15, 0.2) is 67.3 Å². The molecule has 2 bridgehead atoms. The van der Waals surface area contributed by atoms with Gasteiger partial charge in [0.1, 0.15) is 29.2 Å². The first-order valence-corrected chi connectivity index (χ1v) is 21.5. The molecule has 3 aromatic rings. The maximum atomic E-state index is 15.0. The van der Waals surface area contributed by atoms with Crippen molar-refractivity contribution in [2.75, 3.05) is 20.2 Å². The molecular formula is C44H53N5O8S. The van der Waals surface area contributed by atoms with Crippen molar-refractivity contribution in [2.24, 2.45) is 23.2 Å². The average molecular weight is 812 g/mol. The summed E-state index contributed by atoms with van der Waals surface area (Å²) in [4.78, 5) is 66.0. The van der Waals surface area contributed by atoms with Crippen LogP contribution in [-0.2, 0) is 30.4 Å². The summed E-state index contributed by atoms with van der Waals surface area (Å²) in [6, 6.07) is 15.8. The first kappa shape index (κ1) is 40.0. The second-order valence-corrected chi connectivity index (χ2v) is 18.7. The number of fused-ring (bicyclic) bond motifs is 3. The number of hydrogen-bond donors (Lipinski definition) is 2. The molecule has 1 aromatic heterocycles. The molecule has 58 heavy (non-hydrogen) atoms. The van der Waals surface area contributed by atoms with Crippen molar-refractivity contribution in [2.45, 2.75) is 102 Å². The molecule has 5 aliphatic rings. The van der Waals surface area contributed by atoms with E-state index in [4.69, 9.17) is 14.5 Å². The van der Waals surface area contributed by atoms with Gasteiger partial charge in [-0.05, 0) is 62.0 Å². The van der Waals surface area contributed by atoms with E-state index in [1.807, 2.05) is 80.3 Å². The fourth-order valence-electron chi connectivity index (χ4n) is 9.39. The third-order valence-corrected chi connectivity index (χ3v) is 13.7. The number of carbonyl (C=O) groups excluding carboxylic acids is 4. The number of hydrogen-bond acceptors (Lipinski definition) is 8. The van der Waals surface area contributed by atoms with Gasteiger partial charge in [-0.1, -0.05) is 57.2 Å². The highest BCUT2D eigenvalue weighted by Gasteiger charge is 2.64. The van der Waals surface area contributed by atoms with Gasteiger partial charge in [-0.3, -0.25) is 23.7 Å². The van der Waals surface area contributed by atoms with E-state index < -0.39 is 58.0 Å². The van der Waals surface area contributed by atoms with Crippen LogP contribution in [0.1, 0.15) is 72.1 Å². The molecule has 4 amide bonds. The first-order valence-electron chi connectivity index (χ1n) is 20.4. The molecule has 2 aromatic carbocycles. The van der Waals surface area contributed by atoms with Crippen molar-refractivity contribution in [1.29, 1.82) is 0 Å². The number of nitrogens with one attached hydrogen (secondary N) is 1. The third-order valence-electron chi connectivity index (χ3n) is 12.9. The predicted molar refractivity (Wildman–Crippen MR) is 218 cm³/mol. The van der Waals surface area contributed by atoms with E-state index in [1.165, 1.54) is 4.90 Å². The van der Waals surface area contributed by atoms with Crippen LogP contribution in [0.4, 0.5) is 0 Å². The lowest BCUT2D eigenvalue weighted by Crippen LogP contribution is -2.57. The predicted octanol–water partition coefficient (Wildman–Crippen LogP) is 5.51. The zero-order valence-corrected chi connectivity index (χ0v) is 34.4. The van der Waals surface area contributed by atoms with Crippen LogP contribution < -0.4 is 14.8 Å². The van der Waals surface area contributed by atoms with Crippen LogP contribution in [-0.4, -0.2) is 101 Å². The Bertz CT molecular complexity index is 2160. The van der Waals surface area contributed by atoms with Crippen molar-refractivity contribution < 1.29 is 37.4 Å². The highest BCUT2D eigenvalue weighted by molar-refractivity contribution is 7.77. The van der Waals surface area contributed by atoms with Crippen LogP contribution in [0.2, 0.25) is 0 Å². The lowest BCUT2D eigenvalue weighted by molar-refractivity contribution is -0.149. The Morgan fingerprint density at radius 3 is 2.41 bits per heavy atom. The van der Waals surface area contributed by atoms with E-state index in [0.717, 1.165) is 34.5 Å². The zero-order valence-electron chi connectivity index (χ0n) is 33.6. The van der Waals surface area contributed by atoms with Gasteiger partial charge in [0.05, 0.1) is 30.8 Å². The molecule has 3 heterocycles. The molecule has 14 heteroatoms. The number of piperidine rings is 1. The molecule has 3 unspecified atom stereocenters. The number of carbonyl (C=O) groups is 4. The van der Waals surface area contributed by atoms with Gasteiger partial charge in [-0.2, -0.15) is 0 Å². The van der Waals surface area contributed by atoms with Gasteiger partial charge in [0.15, 0.2) is 0 Å². The fraction of sp³-hybridized carbons (Fsp3) is 0.523. The maximum absolute atomic E-state index is 15.0. The fourth-order valence-corrected chi connectivity index (χ4v) is 10.2. The SMILES string of the molecule is C=C[C@@H]1C[C@]1(NC(=O)[C@@H]1C[C@@H](Oc2cc(-c3ccccc3)nc3cc(OC)ccc23)CN1C(=O)[C@@H](CC(=O)N1CC2CCC1C2)C(C)(C)C)C(=O)N(C1CC1)S(=O)O. The van der Waals surface area contributed by atoms with Crippen molar-refractivity contribution in [3.05, 3.63) is 67.3 Å². The molecule has 8 rings (SSSR count). The van der Waals surface area contributed by atoms with E-state index >= 15 is 0 Å². The van der Waals surface area contributed by atoms with Gasteiger partial charge < -0.3 is 24.6 Å². The normalized spacial score (nSPS) is 27.2. The van der Waals surface area contributed by atoms with Crippen LogP contribution in [0.3, 0.4) is 0 Å². The molecule has 308 valence electrons. The van der Waals surface area contributed by atoms with Gasteiger partial charge in [0, 0.05) is 60.5 Å². The lowest BCUT2D eigenvalue weighted by Gasteiger charge is -2.37. The average Bonchev–Trinajstić information content (AvgIpc) is 4.00. The minimum absolute atomic E-state index is 0.0127. The van der Waals surface area contributed by atoms with E-state index in [-0.39, 0.29) is 49.7 Å². The highest BCUT2D eigenvalue weighted by atomic mass is 32.2. The number of rotatable bonds is 13. The molecule has 2 saturated heterocycles. The van der Waals surface area contributed by atoms with Crippen LogP contribution >= 0.6 is 0 Å². The number of methoxy groups -OCH3 is 1. The summed E-state index contributed by atoms with van der Waals surface area (Å²) >= 11 is -2.57. The second kappa shape index (κ2) is 15.4. The summed E-state index contributed by atoms with van der Waals surface area (Å²) in [6.45, 7) is 10.4.